The number of benzene rings is 3. The van der Waals surface area contributed by atoms with Gasteiger partial charge in [0.05, 0.1) is 21.7 Å². The van der Waals surface area contributed by atoms with Crippen molar-refractivity contribution in [2.45, 2.75) is 56.7 Å². The molecule has 2 unspecified atom stereocenters. The molecule has 2 aliphatic rings. The molecule has 1 saturated heterocycles. The SMILES string of the molecule is CC(CCC(C(=O)NCc1cccc(F)c1)c1ccc(Cl)c(Cl)c1)N1CCC2(CC1)OC(=O)Nc1ccc(F)cc12. The van der Waals surface area contributed by atoms with Gasteiger partial charge in [-0.3, -0.25) is 10.1 Å². The summed E-state index contributed by atoms with van der Waals surface area (Å²) in [6, 6.07) is 15.8. The van der Waals surface area contributed by atoms with E-state index < -0.39 is 17.6 Å². The average molecular weight is 603 g/mol. The van der Waals surface area contributed by atoms with Crippen molar-refractivity contribution in [2.75, 3.05) is 18.4 Å². The summed E-state index contributed by atoms with van der Waals surface area (Å²) in [5.74, 6) is -1.40. The predicted octanol–water partition coefficient (Wildman–Crippen LogP) is 7.39. The lowest BCUT2D eigenvalue weighted by atomic mass is 9.81. The molecule has 1 spiro atoms. The first-order valence-corrected chi connectivity index (χ1v) is 14.4. The number of likely N-dealkylation sites (tertiary alicyclic amines) is 1. The zero-order chi connectivity index (χ0) is 29.1. The maximum Gasteiger partial charge on any atom is 0.412 e. The van der Waals surface area contributed by atoms with Crippen LogP contribution >= 0.6 is 23.2 Å². The topological polar surface area (TPSA) is 70.7 Å². The molecule has 2 amide bonds. The van der Waals surface area contributed by atoms with Gasteiger partial charge in [0, 0.05) is 44.1 Å². The highest BCUT2D eigenvalue weighted by Crippen LogP contribution is 2.44. The maximum atomic E-state index is 14.1. The number of rotatable bonds is 8. The zero-order valence-corrected chi connectivity index (χ0v) is 24.1. The van der Waals surface area contributed by atoms with Crippen LogP contribution in [-0.4, -0.2) is 36.0 Å². The Bertz CT molecular complexity index is 1450. The molecule has 1 fully saturated rings. The summed E-state index contributed by atoms with van der Waals surface area (Å²) in [6.45, 7) is 3.60. The van der Waals surface area contributed by atoms with E-state index in [0.717, 1.165) is 5.56 Å². The van der Waals surface area contributed by atoms with Crippen molar-refractivity contribution in [1.29, 1.82) is 0 Å². The molecular weight excluding hydrogens is 571 g/mol. The van der Waals surface area contributed by atoms with Gasteiger partial charge < -0.3 is 15.0 Å². The third-order valence-corrected chi connectivity index (χ3v) is 8.86. The van der Waals surface area contributed by atoms with E-state index in [1.165, 1.54) is 24.3 Å². The molecule has 2 N–H and O–H groups in total. The molecule has 0 aliphatic carbocycles. The van der Waals surface area contributed by atoms with Gasteiger partial charge in [-0.15, -0.1) is 0 Å². The lowest BCUT2D eigenvalue weighted by molar-refractivity contribution is -0.123. The van der Waals surface area contributed by atoms with Crippen molar-refractivity contribution in [3.8, 4) is 0 Å². The highest BCUT2D eigenvalue weighted by atomic mass is 35.5. The number of carbonyl (C=O) groups is 2. The Morgan fingerprint density at radius 2 is 1.78 bits per heavy atom. The lowest BCUT2D eigenvalue weighted by Crippen LogP contribution is -2.50. The van der Waals surface area contributed by atoms with Gasteiger partial charge in [-0.2, -0.15) is 0 Å². The molecule has 216 valence electrons. The summed E-state index contributed by atoms with van der Waals surface area (Å²) >= 11 is 12.4. The zero-order valence-electron chi connectivity index (χ0n) is 22.6. The number of piperidine rings is 1. The number of hydrogen-bond donors (Lipinski definition) is 2. The highest BCUT2D eigenvalue weighted by Gasteiger charge is 2.45. The van der Waals surface area contributed by atoms with E-state index in [4.69, 9.17) is 27.9 Å². The van der Waals surface area contributed by atoms with Crippen molar-refractivity contribution in [3.05, 3.63) is 99.0 Å². The predicted molar refractivity (Wildman–Crippen MR) is 155 cm³/mol. The fourth-order valence-electron chi connectivity index (χ4n) is 5.80. The molecule has 0 radical (unpaired) electrons. The van der Waals surface area contributed by atoms with Gasteiger partial charge in [-0.1, -0.05) is 41.4 Å². The fourth-order valence-corrected chi connectivity index (χ4v) is 6.10. The van der Waals surface area contributed by atoms with Crippen molar-refractivity contribution >= 4 is 40.9 Å². The number of nitrogens with one attached hydrogen (secondary N) is 2. The van der Waals surface area contributed by atoms with Gasteiger partial charge >= 0.3 is 6.09 Å². The minimum atomic E-state index is -0.866. The van der Waals surface area contributed by atoms with Crippen molar-refractivity contribution < 1.29 is 23.1 Å². The summed E-state index contributed by atoms with van der Waals surface area (Å²) in [6.07, 6.45) is 1.79. The van der Waals surface area contributed by atoms with Crippen LogP contribution in [0.2, 0.25) is 10.0 Å². The number of fused-ring (bicyclic) bond motifs is 2. The van der Waals surface area contributed by atoms with Crippen LogP contribution in [0.3, 0.4) is 0 Å². The van der Waals surface area contributed by atoms with Gasteiger partial charge in [-0.05, 0) is 73.4 Å². The minimum absolute atomic E-state index is 0.123. The monoisotopic (exact) mass is 601 g/mol. The molecule has 0 saturated carbocycles. The number of carbonyl (C=O) groups excluding carboxylic acids is 2. The van der Waals surface area contributed by atoms with Crippen LogP contribution in [0.15, 0.2) is 60.7 Å². The van der Waals surface area contributed by atoms with Crippen LogP contribution in [0.5, 0.6) is 0 Å². The van der Waals surface area contributed by atoms with E-state index in [9.17, 15) is 18.4 Å². The molecule has 3 aromatic carbocycles. The van der Waals surface area contributed by atoms with Crippen LogP contribution in [0.4, 0.5) is 19.3 Å². The summed E-state index contributed by atoms with van der Waals surface area (Å²) in [5.41, 5.74) is 1.80. The quantitative estimate of drug-likeness (QED) is 0.282. The summed E-state index contributed by atoms with van der Waals surface area (Å²) in [5, 5.41) is 6.38. The molecule has 2 atom stereocenters. The number of hydrogen-bond acceptors (Lipinski definition) is 4. The van der Waals surface area contributed by atoms with Crippen LogP contribution in [0, 0.1) is 11.6 Å². The summed E-state index contributed by atoms with van der Waals surface area (Å²) in [4.78, 5) is 28.0. The number of anilines is 1. The minimum Gasteiger partial charge on any atom is -0.438 e. The smallest absolute Gasteiger partial charge is 0.412 e. The van der Waals surface area contributed by atoms with Crippen LogP contribution < -0.4 is 10.6 Å². The standard InChI is InChI=1S/C31H31Cl2F2N3O3/c1-19(38-13-11-31(12-14-38)25-17-23(35)7-10-28(25)37-30(40)41-31)5-8-24(21-6-9-26(32)27(33)16-21)29(39)36-18-20-3-2-4-22(34)15-20/h2-4,6-7,9-10,15-17,19,24H,5,8,11-14,18H2,1H3,(H,36,39)(H,37,40). The lowest BCUT2D eigenvalue weighted by Gasteiger charge is -2.45. The second-order valence-corrected chi connectivity index (χ2v) is 11.5. The van der Waals surface area contributed by atoms with E-state index in [-0.39, 0.29) is 30.1 Å². The third kappa shape index (κ3) is 6.66. The van der Waals surface area contributed by atoms with Crippen molar-refractivity contribution in [3.63, 3.8) is 0 Å². The van der Waals surface area contributed by atoms with Gasteiger partial charge in [0.1, 0.15) is 17.2 Å². The fraction of sp³-hybridized carbons (Fsp3) is 0.355. The molecule has 10 heteroatoms. The van der Waals surface area contributed by atoms with Crippen molar-refractivity contribution in [2.24, 2.45) is 0 Å². The van der Waals surface area contributed by atoms with E-state index in [2.05, 4.69) is 22.5 Å². The summed E-state index contributed by atoms with van der Waals surface area (Å²) in [7, 11) is 0. The Balaban J connectivity index is 1.25. The normalized spacial score (nSPS) is 17.7. The number of amides is 2. The molecule has 0 aromatic heterocycles. The summed E-state index contributed by atoms with van der Waals surface area (Å²) < 4.78 is 33.5. The van der Waals surface area contributed by atoms with Gasteiger partial charge in [0.15, 0.2) is 0 Å². The van der Waals surface area contributed by atoms with E-state index in [0.29, 0.717) is 65.6 Å². The second-order valence-electron chi connectivity index (χ2n) is 10.7. The second kappa shape index (κ2) is 12.3. The Hall–Kier alpha value is -3.20. The Morgan fingerprint density at radius 3 is 2.51 bits per heavy atom. The van der Waals surface area contributed by atoms with Gasteiger partial charge in [0.2, 0.25) is 5.91 Å². The Morgan fingerprint density at radius 1 is 1.02 bits per heavy atom. The van der Waals surface area contributed by atoms with Crippen LogP contribution in [-0.2, 0) is 21.7 Å². The largest absolute Gasteiger partial charge is 0.438 e. The average Bonchev–Trinajstić information content (AvgIpc) is 2.94. The Labute approximate surface area is 248 Å². The number of ether oxygens (including phenoxy) is 1. The molecule has 2 aliphatic heterocycles. The van der Waals surface area contributed by atoms with Gasteiger partial charge in [0.25, 0.3) is 0 Å². The molecule has 0 bridgehead atoms. The molecule has 3 aromatic rings. The molecule has 2 heterocycles. The van der Waals surface area contributed by atoms with Gasteiger partial charge in [-0.25, -0.2) is 13.6 Å². The molecule has 41 heavy (non-hydrogen) atoms. The molecule has 6 nitrogen and oxygen atoms in total. The number of halogens is 4. The Kier molecular flexibility index (Phi) is 8.82. The number of nitrogens with zero attached hydrogens (tertiary/aromatic N) is 1. The van der Waals surface area contributed by atoms with Crippen molar-refractivity contribution in [1.82, 2.24) is 10.2 Å². The third-order valence-electron chi connectivity index (χ3n) is 8.12. The highest BCUT2D eigenvalue weighted by molar-refractivity contribution is 6.42. The first-order valence-electron chi connectivity index (χ1n) is 13.6. The maximum absolute atomic E-state index is 14.1. The first-order chi connectivity index (χ1) is 19.6. The van der Waals surface area contributed by atoms with Crippen LogP contribution in [0.25, 0.3) is 0 Å². The van der Waals surface area contributed by atoms with E-state index in [1.807, 2.05) is 0 Å². The van der Waals surface area contributed by atoms with E-state index >= 15 is 0 Å². The first kappa shape index (κ1) is 29.3. The molecule has 5 rings (SSSR count). The molecular formula is C31H31Cl2F2N3O3. The van der Waals surface area contributed by atoms with E-state index in [1.54, 1.807) is 36.4 Å². The van der Waals surface area contributed by atoms with Crippen LogP contribution in [0.1, 0.15) is 55.2 Å².